The lowest BCUT2D eigenvalue weighted by molar-refractivity contribution is -0.156. The van der Waals surface area contributed by atoms with Crippen LogP contribution in [0.15, 0.2) is 108 Å². The molecule has 202 valence electrons. The van der Waals surface area contributed by atoms with Gasteiger partial charge in [0.2, 0.25) is 0 Å². The maximum absolute atomic E-state index is 13.2. The zero-order valence-electron chi connectivity index (χ0n) is 22.1. The molecule has 0 spiro atoms. The van der Waals surface area contributed by atoms with Gasteiger partial charge >= 0.3 is 5.97 Å². The van der Waals surface area contributed by atoms with Gasteiger partial charge < -0.3 is 19.7 Å². The van der Waals surface area contributed by atoms with Gasteiger partial charge in [-0.15, -0.1) is 0 Å². The summed E-state index contributed by atoms with van der Waals surface area (Å²) in [7, 11) is 0. The van der Waals surface area contributed by atoms with Crippen LogP contribution in [-0.4, -0.2) is 11.9 Å². The van der Waals surface area contributed by atoms with Crippen LogP contribution in [0.2, 0.25) is 0 Å². The Morgan fingerprint density at radius 2 is 1.65 bits per heavy atom. The fourth-order valence-corrected chi connectivity index (χ4v) is 4.76. The lowest BCUT2D eigenvalue weighted by Gasteiger charge is -2.20. The largest absolute Gasteiger partial charge is 0.489 e. The number of hydroxylamine groups is 1. The summed E-state index contributed by atoms with van der Waals surface area (Å²) >= 11 is 0. The van der Waals surface area contributed by atoms with Crippen molar-refractivity contribution in [1.82, 2.24) is 5.48 Å². The van der Waals surface area contributed by atoms with E-state index < -0.39 is 17.8 Å². The molecule has 7 nitrogen and oxygen atoms in total. The van der Waals surface area contributed by atoms with Crippen LogP contribution >= 0.6 is 0 Å². The van der Waals surface area contributed by atoms with E-state index in [0.717, 1.165) is 38.8 Å². The van der Waals surface area contributed by atoms with Gasteiger partial charge in [0.1, 0.15) is 17.9 Å². The first-order valence-corrected chi connectivity index (χ1v) is 13.0. The lowest BCUT2D eigenvalue weighted by Crippen LogP contribution is -2.32. The number of nitrogens with two attached hydrogens (primary N) is 1. The number of fused-ring (bicyclic) bond motifs is 1. The smallest absolute Gasteiger partial charge is 0.329 e. The molecule has 5 rings (SSSR count). The van der Waals surface area contributed by atoms with Gasteiger partial charge in [-0.1, -0.05) is 66.7 Å². The quantitative estimate of drug-likeness (QED) is 0.223. The zero-order chi connectivity index (χ0) is 27.9. The number of benzene rings is 4. The van der Waals surface area contributed by atoms with Gasteiger partial charge in [0, 0.05) is 30.0 Å². The summed E-state index contributed by atoms with van der Waals surface area (Å²) in [5.74, 6) is -1.11. The van der Waals surface area contributed by atoms with Crippen LogP contribution in [0.5, 0.6) is 5.75 Å². The van der Waals surface area contributed by atoms with Gasteiger partial charge in [-0.05, 0) is 59.0 Å². The van der Waals surface area contributed by atoms with Crippen LogP contribution in [0.25, 0.3) is 22.1 Å². The SMILES string of the molecule is CC(=O)ONC(=O)C(Cc1ccccc1)c1ccccc1OCc1cc(-c2cccc(CN)c2)c2occc2c1. The van der Waals surface area contributed by atoms with Crippen molar-refractivity contribution in [3.8, 4) is 16.9 Å². The normalized spacial score (nSPS) is 11.7. The third kappa shape index (κ3) is 6.22. The first-order valence-electron chi connectivity index (χ1n) is 13.0. The van der Waals surface area contributed by atoms with E-state index in [0.29, 0.717) is 24.3 Å². The van der Waals surface area contributed by atoms with E-state index in [4.69, 9.17) is 19.7 Å². The summed E-state index contributed by atoms with van der Waals surface area (Å²) in [4.78, 5) is 29.4. The van der Waals surface area contributed by atoms with Gasteiger partial charge in [0.25, 0.3) is 5.91 Å². The van der Waals surface area contributed by atoms with E-state index in [1.807, 2.05) is 84.9 Å². The van der Waals surface area contributed by atoms with Crippen molar-refractivity contribution in [3.05, 3.63) is 126 Å². The molecular formula is C33H30N2O5. The molecule has 0 bridgehead atoms. The van der Waals surface area contributed by atoms with Crippen molar-refractivity contribution in [3.63, 3.8) is 0 Å². The molecule has 1 aromatic heterocycles. The Kier molecular flexibility index (Phi) is 8.23. The molecule has 7 heteroatoms. The van der Waals surface area contributed by atoms with Crippen LogP contribution < -0.4 is 16.0 Å². The van der Waals surface area contributed by atoms with E-state index in [1.165, 1.54) is 6.92 Å². The Labute approximate surface area is 232 Å². The Balaban J connectivity index is 1.45. The Morgan fingerprint density at radius 1 is 0.875 bits per heavy atom. The predicted octanol–water partition coefficient (Wildman–Crippen LogP) is 6.06. The highest BCUT2D eigenvalue weighted by Gasteiger charge is 2.25. The average molecular weight is 535 g/mol. The van der Waals surface area contributed by atoms with Crippen molar-refractivity contribution in [2.45, 2.75) is 32.4 Å². The second kappa shape index (κ2) is 12.3. The van der Waals surface area contributed by atoms with Crippen LogP contribution in [0, 0.1) is 0 Å². The topological polar surface area (TPSA) is 104 Å². The monoisotopic (exact) mass is 534 g/mol. The summed E-state index contributed by atoms with van der Waals surface area (Å²) in [6.07, 6.45) is 2.08. The number of furan rings is 1. The number of hydrogen-bond acceptors (Lipinski definition) is 6. The molecule has 5 aromatic rings. The molecule has 0 aliphatic rings. The summed E-state index contributed by atoms with van der Waals surface area (Å²) in [6.45, 7) is 1.95. The molecule has 3 N–H and O–H groups in total. The molecule has 4 aromatic carbocycles. The second-order valence-electron chi connectivity index (χ2n) is 9.52. The Hall–Kier alpha value is -4.88. The number of hydrogen-bond donors (Lipinski definition) is 2. The molecule has 1 amide bonds. The number of amides is 1. The molecule has 0 saturated heterocycles. The van der Waals surface area contributed by atoms with Gasteiger partial charge in [0.05, 0.1) is 12.2 Å². The molecule has 0 fully saturated rings. The third-order valence-electron chi connectivity index (χ3n) is 6.67. The summed E-state index contributed by atoms with van der Waals surface area (Å²) in [5.41, 5.74) is 14.6. The molecule has 0 saturated carbocycles. The zero-order valence-corrected chi connectivity index (χ0v) is 22.1. The van der Waals surface area contributed by atoms with Crippen molar-refractivity contribution >= 4 is 22.8 Å². The highest BCUT2D eigenvalue weighted by molar-refractivity contribution is 5.93. The molecule has 1 atom stereocenters. The van der Waals surface area contributed by atoms with Crippen molar-refractivity contribution < 1.29 is 23.6 Å². The molecule has 40 heavy (non-hydrogen) atoms. The molecule has 0 radical (unpaired) electrons. The van der Waals surface area contributed by atoms with E-state index in [-0.39, 0.29) is 6.61 Å². The standard InChI is InChI=1S/C33H30N2O5/c1-22(36)40-35-33(37)30(18-23-8-3-2-4-9-23)28-12-5-6-13-31(28)39-21-25-17-27-14-15-38-32(27)29(19-25)26-11-7-10-24(16-26)20-34/h2-17,19,30H,18,20-21,34H2,1H3,(H,35,37). The Morgan fingerprint density at radius 3 is 2.45 bits per heavy atom. The number of carbonyl (C=O) groups is 2. The minimum Gasteiger partial charge on any atom is -0.489 e. The second-order valence-corrected chi connectivity index (χ2v) is 9.52. The first-order chi connectivity index (χ1) is 19.5. The number of para-hydroxylation sites is 1. The van der Waals surface area contributed by atoms with Crippen LogP contribution in [0.1, 0.15) is 35.1 Å². The van der Waals surface area contributed by atoms with E-state index in [1.54, 1.807) is 6.26 Å². The van der Waals surface area contributed by atoms with Crippen LogP contribution in [0.3, 0.4) is 0 Å². The number of ether oxygens (including phenoxy) is 1. The average Bonchev–Trinajstić information content (AvgIpc) is 3.47. The molecular weight excluding hydrogens is 504 g/mol. The first kappa shape index (κ1) is 26.7. The highest BCUT2D eigenvalue weighted by Crippen LogP contribution is 2.34. The fraction of sp³-hybridized carbons (Fsp3) is 0.152. The van der Waals surface area contributed by atoms with Gasteiger partial charge in [-0.25, -0.2) is 0 Å². The van der Waals surface area contributed by atoms with Crippen molar-refractivity contribution in [1.29, 1.82) is 0 Å². The van der Waals surface area contributed by atoms with Crippen LogP contribution in [-0.2, 0) is 34.0 Å². The van der Waals surface area contributed by atoms with Gasteiger partial charge in [-0.3, -0.25) is 9.59 Å². The Bertz CT molecular complexity index is 1630. The number of nitrogens with one attached hydrogen (secondary N) is 1. The maximum Gasteiger partial charge on any atom is 0.329 e. The van der Waals surface area contributed by atoms with Crippen molar-refractivity contribution in [2.75, 3.05) is 0 Å². The van der Waals surface area contributed by atoms with Gasteiger partial charge in [0.15, 0.2) is 0 Å². The molecule has 0 aliphatic heterocycles. The summed E-state index contributed by atoms with van der Waals surface area (Å²) in [6, 6.07) is 31.2. The lowest BCUT2D eigenvalue weighted by atomic mass is 9.90. The predicted molar refractivity (Wildman–Crippen MR) is 153 cm³/mol. The molecule has 0 aliphatic carbocycles. The summed E-state index contributed by atoms with van der Waals surface area (Å²) in [5, 5.41) is 0.963. The highest BCUT2D eigenvalue weighted by atomic mass is 16.7. The molecule has 1 heterocycles. The summed E-state index contributed by atoms with van der Waals surface area (Å²) < 4.78 is 12.2. The minimum absolute atomic E-state index is 0.269. The van der Waals surface area contributed by atoms with Crippen molar-refractivity contribution in [2.24, 2.45) is 5.73 Å². The van der Waals surface area contributed by atoms with E-state index >= 15 is 0 Å². The maximum atomic E-state index is 13.2. The fourth-order valence-electron chi connectivity index (χ4n) is 4.76. The van der Waals surface area contributed by atoms with Gasteiger partial charge in [-0.2, -0.15) is 5.48 Å². The minimum atomic E-state index is -0.649. The van der Waals surface area contributed by atoms with Crippen LogP contribution in [0.4, 0.5) is 0 Å². The third-order valence-corrected chi connectivity index (χ3v) is 6.67. The van der Waals surface area contributed by atoms with E-state index in [9.17, 15) is 9.59 Å². The van der Waals surface area contributed by atoms with E-state index in [2.05, 4.69) is 17.6 Å². The molecule has 1 unspecified atom stereocenters. The number of rotatable bonds is 9. The number of carbonyl (C=O) groups excluding carboxylic acids is 2.